The van der Waals surface area contributed by atoms with Crippen LogP contribution in [0.3, 0.4) is 0 Å². The molecular formula is C20H28N4O3. The smallest absolute Gasteiger partial charge is 0.263 e. The molecule has 1 aromatic carbocycles. The molecule has 7 heteroatoms. The maximum atomic E-state index is 12.7. The molecule has 1 fully saturated rings. The Balaban J connectivity index is 1.62. The largest absolute Gasteiger partial charge is 0.493 e. The number of carbonyl (C=O) groups excluding carboxylic acids is 1. The molecule has 0 aliphatic heterocycles. The number of aromatic nitrogens is 3. The molecule has 1 heterocycles. The van der Waals surface area contributed by atoms with E-state index >= 15 is 0 Å². The first-order chi connectivity index (χ1) is 13.0. The van der Waals surface area contributed by atoms with Gasteiger partial charge >= 0.3 is 0 Å². The van der Waals surface area contributed by atoms with Gasteiger partial charge in [-0.1, -0.05) is 31.4 Å². The lowest BCUT2D eigenvalue weighted by atomic mass is 9.95. The summed E-state index contributed by atoms with van der Waals surface area (Å²) in [7, 11) is 1.58. The predicted molar refractivity (Wildman–Crippen MR) is 102 cm³/mol. The van der Waals surface area contributed by atoms with Crippen molar-refractivity contribution >= 4 is 5.91 Å². The molecule has 2 aromatic rings. The first kappa shape index (κ1) is 19.2. The van der Waals surface area contributed by atoms with E-state index in [0.29, 0.717) is 24.1 Å². The van der Waals surface area contributed by atoms with Crippen molar-refractivity contribution in [2.75, 3.05) is 7.11 Å². The average Bonchev–Trinajstić information content (AvgIpc) is 3.15. The van der Waals surface area contributed by atoms with E-state index in [1.807, 2.05) is 12.1 Å². The number of para-hydroxylation sites is 2. The Kier molecular flexibility index (Phi) is 5.98. The van der Waals surface area contributed by atoms with Gasteiger partial charge in [-0.15, -0.1) is 10.2 Å². The summed E-state index contributed by atoms with van der Waals surface area (Å²) in [4.78, 5) is 12.7. The molecule has 1 aliphatic rings. The summed E-state index contributed by atoms with van der Waals surface area (Å²) in [5, 5.41) is 11.2. The minimum absolute atomic E-state index is 0.216. The van der Waals surface area contributed by atoms with Crippen LogP contribution in [0.5, 0.6) is 11.5 Å². The molecule has 0 radical (unpaired) electrons. The van der Waals surface area contributed by atoms with Gasteiger partial charge in [0.25, 0.3) is 5.91 Å². The van der Waals surface area contributed by atoms with Crippen LogP contribution in [0.4, 0.5) is 0 Å². The molecular weight excluding hydrogens is 344 g/mol. The quantitative estimate of drug-likeness (QED) is 0.807. The number of ether oxygens (including phenoxy) is 2. The van der Waals surface area contributed by atoms with E-state index in [-0.39, 0.29) is 5.91 Å². The molecule has 0 spiro atoms. The topological polar surface area (TPSA) is 78.3 Å². The fourth-order valence-electron chi connectivity index (χ4n) is 3.45. The zero-order chi connectivity index (χ0) is 19.3. The summed E-state index contributed by atoms with van der Waals surface area (Å²) < 4.78 is 13.3. The first-order valence-corrected chi connectivity index (χ1v) is 9.50. The third kappa shape index (κ3) is 4.59. The maximum absolute atomic E-state index is 12.7. The molecule has 1 saturated carbocycles. The van der Waals surface area contributed by atoms with Gasteiger partial charge in [0.15, 0.2) is 22.9 Å². The van der Waals surface area contributed by atoms with Crippen molar-refractivity contribution in [3.63, 3.8) is 0 Å². The number of rotatable bonds is 7. The third-order valence-corrected chi connectivity index (χ3v) is 5.00. The van der Waals surface area contributed by atoms with Crippen molar-refractivity contribution in [1.82, 2.24) is 20.1 Å². The molecule has 0 saturated heterocycles. The number of benzene rings is 1. The number of amides is 1. The number of nitrogens with zero attached hydrogens (tertiary/aromatic N) is 3. The Bertz CT molecular complexity index is 766. The standard InChI is InChI=1S/C20H28N4O3/c1-20(2,27-17-12-8-7-11-16(17)26-3)19(25)21-13-18-23-22-14-24(18)15-9-5-4-6-10-15/h7-8,11-12,14-15H,4-6,9-10,13H2,1-3H3,(H,21,25). The molecule has 146 valence electrons. The monoisotopic (exact) mass is 372 g/mol. The van der Waals surface area contributed by atoms with Gasteiger partial charge < -0.3 is 19.4 Å². The van der Waals surface area contributed by atoms with Crippen molar-refractivity contribution in [1.29, 1.82) is 0 Å². The van der Waals surface area contributed by atoms with Crippen LogP contribution in [0.2, 0.25) is 0 Å². The van der Waals surface area contributed by atoms with E-state index in [1.165, 1.54) is 19.3 Å². The van der Waals surface area contributed by atoms with Gasteiger partial charge in [0.05, 0.1) is 13.7 Å². The Labute approximate surface area is 160 Å². The van der Waals surface area contributed by atoms with Crippen LogP contribution in [-0.2, 0) is 11.3 Å². The van der Waals surface area contributed by atoms with E-state index in [2.05, 4.69) is 20.1 Å². The first-order valence-electron chi connectivity index (χ1n) is 9.50. The number of nitrogens with one attached hydrogen (secondary N) is 1. The second kappa shape index (κ2) is 8.41. The van der Waals surface area contributed by atoms with Gasteiger partial charge in [-0.2, -0.15) is 0 Å². The van der Waals surface area contributed by atoms with E-state index in [0.717, 1.165) is 18.7 Å². The molecule has 7 nitrogen and oxygen atoms in total. The number of methoxy groups -OCH3 is 1. The van der Waals surface area contributed by atoms with Crippen molar-refractivity contribution in [3.8, 4) is 11.5 Å². The lowest BCUT2D eigenvalue weighted by molar-refractivity contribution is -0.134. The molecule has 0 unspecified atom stereocenters. The second-order valence-electron chi connectivity index (χ2n) is 7.39. The van der Waals surface area contributed by atoms with Gasteiger partial charge in [-0.05, 0) is 38.8 Å². The predicted octanol–water partition coefficient (Wildman–Crippen LogP) is 3.27. The molecule has 1 aromatic heterocycles. The summed E-state index contributed by atoms with van der Waals surface area (Å²) in [6.45, 7) is 3.80. The molecule has 1 aliphatic carbocycles. The van der Waals surface area contributed by atoms with Crippen molar-refractivity contribution in [3.05, 3.63) is 36.4 Å². The Morgan fingerprint density at radius 2 is 1.93 bits per heavy atom. The summed E-state index contributed by atoms with van der Waals surface area (Å²) in [5.41, 5.74) is -1.05. The van der Waals surface area contributed by atoms with Gasteiger partial charge in [-0.25, -0.2) is 0 Å². The Hall–Kier alpha value is -2.57. The normalized spacial score (nSPS) is 15.4. The fourth-order valence-corrected chi connectivity index (χ4v) is 3.45. The highest BCUT2D eigenvalue weighted by molar-refractivity contribution is 5.84. The molecule has 0 bridgehead atoms. The molecule has 0 atom stereocenters. The van der Waals surface area contributed by atoms with Gasteiger partial charge in [0.1, 0.15) is 6.33 Å². The average molecular weight is 372 g/mol. The van der Waals surface area contributed by atoms with E-state index < -0.39 is 5.60 Å². The third-order valence-electron chi connectivity index (χ3n) is 5.00. The second-order valence-corrected chi connectivity index (χ2v) is 7.39. The van der Waals surface area contributed by atoms with Crippen LogP contribution < -0.4 is 14.8 Å². The number of hydrogen-bond acceptors (Lipinski definition) is 5. The number of hydrogen-bond donors (Lipinski definition) is 1. The van der Waals surface area contributed by atoms with Crippen LogP contribution in [0.25, 0.3) is 0 Å². The van der Waals surface area contributed by atoms with Crippen molar-refractivity contribution in [2.24, 2.45) is 0 Å². The van der Waals surface area contributed by atoms with E-state index in [4.69, 9.17) is 9.47 Å². The fraction of sp³-hybridized carbons (Fsp3) is 0.550. The summed E-state index contributed by atoms with van der Waals surface area (Å²) in [6, 6.07) is 7.72. The van der Waals surface area contributed by atoms with E-state index in [9.17, 15) is 4.79 Å². The summed E-state index contributed by atoms with van der Waals surface area (Å²) in [6.07, 6.45) is 7.80. The van der Waals surface area contributed by atoms with Crippen LogP contribution in [-0.4, -0.2) is 33.4 Å². The zero-order valence-corrected chi connectivity index (χ0v) is 16.3. The highest BCUT2D eigenvalue weighted by Crippen LogP contribution is 2.30. The van der Waals surface area contributed by atoms with Gasteiger partial charge in [0.2, 0.25) is 0 Å². The van der Waals surface area contributed by atoms with E-state index in [1.54, 1.807) is 39.4 Å². The molecule has 1 N–H and O–H groups in total. The highest BCUT2D eigenvalue weighted by Gasteiger charge is 2.31. The highest BCUT2D eigenvalue weighted by atomic mass is 16.5. The Morgan fingerprint density at radius 3 is 2.63 bits per heavy atom. The van der Waals surface area contributed by atoms with Gasteiger partial charge in [-0.3, -0.25) is 4.79 Å². The SMILES string of the molecule is COc1ccccc1OC(C)(C)C(=O)NCc1nncn1C1CCCCC1. The molecule has 1 amide bonds. The lowest BCUT2D eigenvalue weighted by Crippen LogP contribution is -2.46. The van der Waals surface area contributed by atoms with Crippen LogP contribution in [0, 0.1) is 0 Å². The van der Waals surface area contributed by atoms with Crippen LogP contribution >= 0.6 is 0 Å². The Morgan fingerprint density at radius 1 is 1.22 bits per heavy atom. The number of carbonyl (C=O) groups is 1. The minimum atomic E-state index is -1.05. The summed E-state index contributed by atoms with van der Waals surface area (Å²) >= 11 is 0. The molecule has 3 rings (SSSR count). The van der Waals surface area contributed by atoms with Crippen LogP contribution in [0.1, 0.15) is 57.8 Å². The van der Waals surface area contributed by atoms with Crippen molar-refractivity contribution < 1.29 is 14.3 Å². The maximum Gasteiger partial charge on any atom is 0.263 e. The van der Waals surface area contributed by atoms with Crippen LogP contribution in [0.15, 0.2) is 30.6 Å². The lowest BCUT2D eigenvalue weighted by Gasteiger charge is -2.27. The summed E-state index contributed by atoms with van der Waals surface area (Å²) in [5.74, 6) is 1.69. The minimum Gasteiger partial charge on any atom is -0.493 e. The zero-order valence-electron chi connectivity index (χ0n) is 16.3. The van der Waals surface area contributed by atoms with Gasteiger partial charge in [0, 0.05) is 6.04 Å². The molecule has 27 heavy (non-hydrogen) atoms. The van der Waals surface area contributed by atoms with Crippen molar-refractivity contribution in [2.45, 2.75) is 64.1 Å².